The third-order valence-electron chi connectivity index (χ3n) is 4.14. The van der Waals surface area contributed by atoms with Gasteiger partial charge in [-0.3, -0.25) is 0 Å². The first-order valence-electron chi connectivity index (χ1n) is 9.34. The molecule has 0 spiro atoms. The number of ether oxygens (including phenoxy) is 1. The van der Waals surface area contributed by atoms with Crippen molar-refractivity contribution in [2.75, 3.05) is 0 Å². The van der Waals surface area contributed by atoms with E-state index >= 15 is 0 Å². The molecule has 0 aliphatic heterocycles. The zero-order valence-electron chi connectivity index (χ0n) is 15.1. The van der Waals surface area contributed by atoms with E-state index in [0.717, 1.165) is 24.8 Å². The van der Waals surface area contributed by atoms with Crippen molar-refractivity contribution < 1.29 is 9.53 Å². The fourth-order valence-electron chi connectivity index (χ4n) is 2.73. The molecule has 24 heavy (non-hydrogen) atoms. The van der Waals surface area contributed by atoms with E-state index in [9.17, 15) is 4.79 Å². The van der Waals surface area contributed by atoms with E-state index in [2.05, 4.69) is 18.8 Å². The SMILES string of the molecule is C=CCC(CCCCCCCCC)NC(=O)OCc1ccccc1. The van der Waals surface area contributed by atoms with Gasteiger partial charge in [-0.1, -0.05) is 88.3 Å². The molecule has 0 radical (unpaired) electrons. The average Bonchev–Trinajstić information content (AvgIpc) is 2.60. The lowest BCUT2D eigenvalue weighted by molar-refractivity contribution is 0.135. The molecule has 0 heterocycles. The summed E-state index contributed by atoms with van der Waals surface area (Å²) in [6.07, 6.45) is 12.3. The first-order valence-corrected chi connectivity index (χ1v) is 9.34. The predicted octanol–water partition coefficient (Wildman–Crippen LogP) is 6.00. The molecule has 134 valence electrons. The molecule has 1 rings (SSSR count). The molecule has 0 aromatic heterocycles. The Bertz CT molecular complexity index is 444. The number of amides is 1. The molecule has 3 nitrogen and oxygen atoms in total. The van der Waals surface area contributed by atoms with Crippen molar-refractivity contribution in [2.45, 2.75) is 77.4 Å². The maximum absolute atomic E-state index is 11.9. The van der Waals surface area contributed by atoms with E-state index in [0.29, 0.717) is 6.61 Å². The quantitative estimate of drug-likeness (QED) is 0.356. The van der Waals surface area contributed by atoms with Crippen molar-refractivity contribution in [2.24, 2.45) is 0 Å². The Hall–Kier alpha value is -1.77. The van der Waals surface area contributed by atoms with Crippen LogP contribution >= 0.6 is 0 Å². The Morgan fingerprint density at radius 2 is 1.79 bits per heavy atom. The second-order valence-electron chi connectivity index (χ2n) is 6.34. The Balaban J connectivity index is 2.19. The van der Waals surface area contributed by atoms with Crippen LogP contribution in [0.3, 0.4) is 0 Å². The van der Waals surface area contributed by atoms with Gasteiger partial charge in [-0.15, -0.1) is 6.58 Å². The molecule has 0 fully saturated rings. The molecule has 1 N–H and O–H groups in total. The number of carbonyl (C=O) groups is 1. The van der Waals surface area contributed by atoms with Crippen molar-refractivity contribution in [3.8, 4) is 0 Å². The van der Waals surface area contributed by atoms with Crippen LogP contribution in [0, 0.1) is 0 Å². The van der Waals surface area contributed by atoms with E-state index in [-0.39, 0.29) is 12.1 Å². The zero-order valence-corrected chi connectivity index (χ0v) is 15.1. The van der Waals surface area contributed by atoms with E-state index in [1.165, 1.54) is 38.5 Å². The van der Waals surface area contributed by atoms with Crippen LogP contribution in [0.4, 0.5) is 4.79 Å². The van der Waals surface area contributed by atoms with E-state index in [1.807, 2.05) is 36.4 Å². The summed E-state index contributed by atoms with van der Waals surface area (Å²) in [5, 5.41) is 2.97. The lowest BCUT2D eigenvalue weighted by Gasteiger charge is -2.17. The first kappa shape index (κ1) is 20.3. The van der Waals surface area contributed by atoms with Gasteiger partial charge in [0.05, 0.1) is 0 Å². The van der Waals surface area contributed by atoms with Crippen molar-refractivity contribution in [1.82, 2.24) is 5.32 Å². The van der Waals surface area contributed by atoms with Gasteiger partial charge in [-0.05, 0) is 18.4 Å². The molecule has 0 aliphatic carbocycles. The Morgan fingerprint density at radius 3 is 2.46 bits per heavy atom. The Labute approximate surface area is 147 Å². The van der Waals surface area contributed by atoms with Gasteiger partial charge in [0.15, 0.2) is 0 Å². The number of benzene rings is 1. The van der Waals surface area contributed by atoms with Gasteiger partial charge >= 0.3 is 6.09 Å². The minimum Gasteiger partial charge on any atom is -0.445 e. The molecular weight excluding hydrogens is 298 g/mol. The van der Waals surface area contributed by atoms with E-state index in [4.69, 9.17) is 4.74 Å². The monoisotopic (exact) mass is 331 g/mol. The Morgan fingerprint density at radius 1 is 1.12 bits per heavy atom. The lowest BCUT2D eigenvalue weighted by atomic mass is 10.0. The largest absolute Gasteiger partial charge is 0.445 e. The van der Waals surface area contributed by atoms with Gasteiger partial charge in [0, 0.05) is 6.04 Å². The second kappa shape index (κ2) is 13.6. The highest BCUT2D eigenvalue weighted by Gasteiger charge is 2.11. The fraction of sp³-hybridized carbons (Fsp3) is 0.571. The summed E-state index contributed by atoms with van der Waals surface area (Å²) >= 11 is 0. The maximum Gasteiger partial charge on any atom is 0.407 e. The molecule has 1 unspecified atom stereocenters. The van der Waals surface area contributed by atoms with Gasteiger partial charge in [0.25, 0.3) is 0 Å². The number of unbranched alkanes of at least 4 members (excludes halogenated alkanes) is 6. The number of hydrogen-bond donors (Lipinski definition) is 1. The summed E-state index contributed by atoms with van der Waals surface area (Å²) in [7, 11) is 0. The minimum atomic E-state index is -0.339. The molecule has 3 heteroatoms. The van der Waals surface area contributed by atoms with Crippen LogP contribution in [0.25, 0.3) is 0 Å². The molecule has 0 saturated carbocycles. The Kier molecular flexibility index (Phi) is 11.5. The topological polar surface area (TPSA) is 38.3 Å². The molecule has 1 atom stereocenters. The lowest BCUT2D eigenvalue weighted by Crippen LogP contribution is -2.34. The van der Waals surface area contributed by atoms with Crippen molar-refractivity contribution in [3.63, 3.8) is 0 Å². The van der Waals surface area contributed by atoms with Gasteiger partial charge in [0.1, 0.15) is 6.61 Å². The summed E-state index contributed by atoms with van der Waals surface area (Å²) in [6.45, 7) is 6.34. The van der Waals surface area contributed by atoms with Gasteiger partial charge < -0.3 is 10.1 Å². The number of nitrogens with one attached hydrogen (secondary N) is 1. The van der Waals surface area contributed by atoms with Crippen molar-refractivity contribution in [3.05, 3.63) is 48.6 Å². The highest BCUT2D eigenvalue weighted by atomic mass is 16.5. The number of alkyl carbamates (subject to hydrolysis) is 1. The van der Waals surface area contributed by atoms with Crippen LogP contribution in [0.1, 0.15) is 70.3 Å². The summed E-state index contributed by atoms with van der Waals surface area (Å²) < 4.78 is 5.29. The van der Waals surface area contributed by atoms with Gasteiger partial charge in [0.2, 0.25) is 0 Å². The average molecular weight is 332 g/mol. The van der Waals surface area contributed by atoms with Gasteiger partial charge in [-0.25, -0.2) is 4.79 Å². The van der Waals surface area contributed by atoms with E-state index < -0.39 is 0 Å². The predicted molar refractivity (Wildman–Crippen MR) is 101 cm³/mol. The van der Waals surface area contributed by atoms with Crippen LogP contribution < -0.4 is 5.32 Å². The maximum atomic E-state index is 11.9. The first-order chi connectivity index (χ1) is 11.8. The van der Waals surface area contributed by atoms with Crippen LogP contribution in [-0.4, -0.2) is 12.1 Å². The molecule has 0 aliphatic rings. The summed E-state index contributed by atoms with van der Waals surface area (Å²) in [6, 6.07) is 9.86. The molecular formula is C21H33NO2. The second-order valence-corrected chi connectivity index (χ2v) is 6.34. The third kappa shape index (κ3) is 10.1. The highest BCUT2D eigenvalue weighted by Crippen LogP contribution is 2.12. The number of rotatable bonds is 13. The summed E-state index contributed by atoms with van der Waals surface area (Å²) in [5.41, 5.74) is 1.000. The standard InChI is InChI=1S/C21H33NO2/c1-3-5-6-7-8-9-13-17-20(14-4-2)22-21(23)24-18-19-15-11-10-12-16-19/h4,10-12,15-16,20H,2-3,5-9,13-14,17-18H2,1H3,(H,22,23). The van der Waals surface area contributed by atoms with Gasteiger partial charge in [-0.2, -0.15) is 0 Å². The minimum absolute atomic E-state index is 0.126. The number of hydrogen-bond acceptors (Lipinski definition) is 2. The van der Waals surface area contributed by atoms with Crippen molar-refractivity contribution in [1.29, 1.82) is 0 Å². The van der Waals surface area contributed by atoms with Crippen LogP contribution in [0.5, 0.6) is 0 Å². The fourth-order valence-corrected chi connectivity index (χ4v) is 2.73. The molecule has 0 saturated heterocycles. The van der Waals surface area contributed by atoms with E-state index in [1.54, 1.807) is 0 Å². The zero-order chi connectivity index (χ0) is 17.5. The summed E-state index contributed by atoms with van der Waals surface area (Å²) in [5.74, 6) is 0. The normalized spacial score (nSPS) is 11.7. The smallest absolute Gasteiger partial charge is 0.407 e. The highest BCUT2D eigenvalue weighted by molar-refractivity contribution is 5.67. The van der Waals surface area contributed by atoms with Crippen molar-refractivity contribution >= 4 is 6.09 Å². The third-order valence-corrected chi connectivity index (χ3v) is 4.14. The molecule has 1 aromatic carbocycles. The summed E-state index contributed by atoms with van der Waals surface area (Å²) in [4.78, 5) is 11.9. The van der Waals surface area contributed by atoms with Crippen LogP contribution in [-0.2, 0) is 11.3 Å². The molecule has 1 amide bonds. The van der Waals surface area contributed by atoms with Crippen LogP contribution in [0.2, 0.25) is 0 Å². The number of carbonyl (C=O) groups excluding carboxylic acids is 1. The molecule has 0 bridgehead atoms. The van der Waals surface area contributed by atoms with Crippen LogP contribution in [0.15, 0.2) is 43.0 Å². The molecule has 1 aromatic rings.